The fraction of sp³-hybridized carbons (Fsp3) is 1.00. The second kappa shape index (κ2) is 5.50. The third kappa shape index (κ3) is 2.78. The van der Waals surface area contributed by atoms with Crippen molar-refractivity contribution < 1.29 is 0 Å². The number of rotatable bonds is 6. The van der Waals surface area contributed by atoms with Crippen LogP contribution in [0.15, 0.2) is 0 Å². The van der Waals surface area contributed by atoms with Crippen LogP contribution >= 0.6 is 0 Å². The minimum atomic E-state index is 0.694. The second-order valence-electron chi connectivity index (χ2n) is 6.09. The molecule has 1 aliphatic carbocycles. The summed E-state index contributed by atoms with van der Waals surface area (Å²) in [4.78, 5) is 2.75. The van der Waals surface area contributed by atoms with E-state index in [2.05, 4.69) is 31.0 Å². The SMILES string of the molecule is CCCNC(CN1CC2CCC1C2)C(C)C. The molecule has 1 aliphatic heterocycles. The summed E-state index contributed by atoms with van der Waals surface area (Å²) < 4.78 is 0. The molecular formula is C14H28N2. The van der Waals surface area contributed by atoms with Gasteiger partial charge < -0.3 is 5.32 Å². The zero-order valence-electron chi connectivity index (χ0n) is 11.2. The van der Waals surface area contributed by atoms with Gasteiger partial charge in [-0.2, -0.15) is 0 Å². The van der Waals surface area contributed by atoms with Crippen molar-refractivity contribution in [1.82, 2.24) is 10.2 Å². The number of piperidine rings is 1. The van der Waals surface area contributed by atoms with Crippen molar-refractivity contribution in [3.63, 3.8) is 0 Å². The predicted octanol–water partition coefficient (Wildman–Crippen LogP) is 2.49. The molecule has 0 amide bonds. The van der Waals surface area contributed by atoms with Gasteiger partial charge in [0.1, 0.15) is 0 Å². The Kier molecular flexibility index (Phi) is 4.26. The molecule has 1 saturated carbocycles. The van der Waals surface area contributed by atoms with Crippen molar-refractivity contribution in [3.05, 3.63) is 0 Å². The van der Waals surface area contributed by atoms with Gasteiger partial charge in [0.2, 0.25) is 0 Å². The highest BCUT2D eigenvalue weighted by Crippen LogP contribution is 2.37. The maximum Gasteiger partial charge on any atom is 0.0218 e. The molecule has 0 spiro atoms. The van der Waals surface area contributed by atoms with Crippen LogP contribution in [0.3, 0.4) is 0 Å². The fourth-order valence-electron chi connectivity index (χ4n) is 3.34. The van der Waals surface area contributed by atoms with Crippen molar-refractivity contribution in [3.8, 4) is 0 Å². The largest absolute Gasteiger partial charge is 0.312 e. The van der Waals surface area contributed by atoms with Gasteiger partial charge in [0, 0.05) is 25.2 Å². The van der Waals surface area contributed by atoms with Crippen molar-refractivity contribution in [2.24, 2.45) is 11.8 Å². The molecule has 0 aromatic rings. The van der Waals surface area contributed by atoms with E-state index in [0.29, 0.717) is 6.04 Å². The summed E-state index contributed by atoms with van der Waals surface area (Å²) in [5.41, 5.74) is 0. The zero-order valence-corrected chi connectivity index (χ0v) is 11.2. The Hall–Kier alpha value is -0.0800. The molecule has 0 aromatic heterocycles. The zero-order chi connectivity index (χ0) is 11.5. The van der Waals surface area contributed by atoms with Gasteiger partial charge in [-0.3, -0.25) is 4.90 Å². The van der Waals surface area contributed by atoms with Crippen LogP contribution in [-0.2, 0) is 0 Å². The molecule has 2 nitrogen and oxygen atoms in total. The maximum absolute atomic E-state index is 3.71. The van der Waals surface area contributed by atoms with E-state index < -0.39 is 0 Å². The van der Waals surface area contributed by atoms with E-state index in [0.717, 1.165) is 17.9 Å². The Bertz CT molecular complexity index is 215. The molecule has 1 N–H and O–H groups in total. The van der Waals surface area contributed by atoms with Crippen molar-refractivity contribution in [2.45, 2.75) is 58.5 Å². The standard InChI is InChI=1S/C14H28N2/c1-4-7-15-14(11(2)3)10-16-9-12-5-6-13(16)8-12/h11-15H,4-10H2,1-3H3. The molecule has 2 fully saturated rings. The van der Waals surface area contributed by atoms with Crippen molar-refractivity contribution in [1.29, 1.82) is 0 Å². The predicted molar refractivity (Wildman–Crippen MR) is 69.6 cm³/mol. The average Bonchev–Trinajstić information content (AvgIpc) is 2.85. The molecule has 3 atom stereocenters. The first-order valence-electron chi connectivity index (χ1n) is 7.18. The lowest BCUT2D eigenvalue weighted by Crippen LogP contribution is -2.46. The topological polar surface area (TPSA) is 15.3 Å². The number of fused-ring (bicyclic) bond motifs is 2. The second-order valence-corrected chi connectivity index (χ2v) is 6.09. The molecule has 1 heterocycles. The van der Waals surface area contributed by atoms with Crippen LogP contribution in [0.25, 0.3) is 0 Å². The van der Waals surface area contributed by atoms with Crippen LogP contribution in [0, 0.1) is 11.8 Å². The average molecular weight is 224 g/mol. The van der Waals surface area contributed by atoms with Crippen molar-refractivity contribution >= 4 is 0 Å². The van der Waals surface area contributed by atoms with Crippen LogP contribution < -0.4 is 5.32 Å². The van der Waals surface area contributed by atoms with E-state index in [-0.39, 0.29) is 0 Å². The summed E-state index contributed by atoms with van der Waals surface area (Å²) in [5.74, 6) is 1.79. The number of hydrogen-bond acceptors (Lipinski definition) is 2. The quantitative estimate of drug-likeness (QED) is 0.746. The first kappa shape index (κ1) is 12.4. The summed E-state index contributed by atoms with van der Waals surface area (Å²) >= 11 is 0. The summed E-state index contributed by atoms with van der Waals surface area (Å²) in [5, 5.41) is 3.71. The molecule has 16 heavy (non-hydrogen) atoms. The molecule has 94 valence electrons. The van der Waals surface area contributed by atoms with Crippen LogP contribution in [0.2, 0.25) is 0 Å². The molecule has 0 radical (unpaired) electrons. The molecule has 1 saturated heterocycles. The fourth-order valence-corrected chi connectivity index (χ4v) is 3.34. The lowest BCUT2D eigenvalue weighted by Gasteiger charge is -2.33. The minimum absolute atomic E-state index is 0.694. The Morgan fingerprint density at radius 3 is 2.62 bits per heavy atom. The molecule has 0 aromatic carbocycles. The maximum atomic E-state index is 3.71. The third-order valence-corrected chi connectivity index (χ3v) is 4.42. The first-order chi connectivity index (χ1) is 7.70. The Morgan fingerprint density at radius 2 is 2.12 bits per heavy atom. The highest BCUT2D eigenvalue weighted by Gasteiger charge is 2.38. The Balaban J connectivity index is 1.81. The minimum Gasteiger partial charge on any atom is -0.312 e. The summed E-state index contributed by atoms with van der Waals surface area (Å²) in [6, 6.07) is 1.62. The summed E-state index contributed by atoms with van der Waals surface area (Å²) in [6.07, 6.45) is 5.69. The van der Waals surface area contributed by atoms with Gasteiger partial charge in [0.15, 0.2) is 0 Å². The monoisotopic (exact) mass is 224 g/mol. The molecule has 2 bridgehead atoms. The van der Waals surface area contributed by atoms with Crippen molar-refractivity contribution in [2.75, 3.05) is 19.6 Å². The molecule has 2 aliphatic rings. The Morgan fingerprint density at radius 1 is 1.31 bits per heavy atom. The van der Waals surface area contributed by atoms with Crippen LogP contribution in [-0.4, -0.2) is 36.6 Å². The van der Waals surface area contributed by atoms with Crippen LogP contribution in [0.5, 0.6) is 0 Å². The van der Waals surface area contributed by atoms with E-state index in [4.69, 9.17) is 0 Å². The number of likely N-dealkylation sites (tertiary alicyclic amines) is 1. The van der Waals surface area contributed by atoms with E-state index in [1.165, 1.54) is 45.3 Å². The van der Waals surface area contributed by atoms with E-state index in [1.54, 1.807) is 0 Å². The third-order valence-electron chi connectivity index (χ3n) is 4.42. The number of hydrogen-bond donors (Lipinski definition) is 1. The van der Waals surface area contributed by atoms with Gasteiger partial charge in [0.25, 0.3) is 0 Å². The van der Waals surface area contributed by atoms with Gasteiger partial charge in [-0.1, -0.05) is 20.8 Å². The van der Waals surface area contributed by atoms with E-state index >= 15 is 0 Å². The highest BCUT2D eigenvalue weighted by atomic mass is 15.2. The molecular weight excluding hydrogens is 196 g/mol. The van der Waals surface area contributed by atoms with Gasteiger partial charge in [-0.25, -0.2) is 0 Å². The molecule has 3 unspecified atom stereocenters. The van der Waals surface area contributed by atoms with E-state index in [9.17, 15) is 0 Å². The van der Waals surface area contributed by atoms with Gasteiger partial charge in [0.05, 0.1) is 0 Å². The van der Waals surface area contributed by atoms with E-state index in [1.807, 2.05) is 0 Å². The number of nitrogens with zero attached hydrogens (tertiary/aromatic N) is 1. The highest BCUT2D eigenvalue weighted by molar-refractivity contribution is 4.93. The normalized spacial score (nSPS) is 31.5. The molecule has 2 rings (SSSR count). The van der Waals surface area contributed by atoms with Gasteiger partial charge >= 0.3 is 0 Å². The summed E-state index contributed by atoms with van der Waals surface area (Å²) in [6.45, 7) is 10.8. The van der Waals surface area contributed by atoms with Gasteiger partial charge in [-0.15, -0.1) is 0 Å². The van der Waals surface area contributed by atoms with Crippen LogP contribution in [0.4, 0.5) is 0 Å². The Labute approximate surface area is 101 Å². The number of nitrogens with one attached hydrogen (secondary N) is 1. The van der Waals surface area contributed by atoms with Gasteiger partial charge in [-0.05, 0) is 44.1 Å². The lowest BCUT2D eigenvalue weighted by molar-refractivity contribution is 0.175. The van der Waals surface area contributed by atoms with Crippen LogP contribution in [0.1, 0.15) is 46.5 Å². The smallest absolute Gasteiger partial charge is 0.0218 e. The summed E-state index contributed by atoms with van der Waals surface area (Å²) in [7, 11) is 0. The first-order valence-corrected chi connectivity index (χ1v) is 7.18. The lowest BCUT2D eigenvalue weighted by atomic mass is 10.0. The molecule has 2 heteroatoms.